The minimum absolute atomic E-state index is 0.184. The van der Waals surface area contributed by atoms with Gasteiger partial charge in [-0.15, -0.1) is 0 Å². The summed E-state index contributed by atoms with van der Waals surface area (Å²) in [5.41, 5.74) is -0.529. The summed E-state index contributed by atoms with van der Waals surface area (Å²) in [6, 6.07) is 3.43. The Bertz CT molecular complexity index is 1120. The summed E-state index contributed by atoms with van der Waals surface area (Å²) in [6.07, 6.45) is 2.50. The zero-order chi connectivity index (χ0) is 41.4. The minimum Gasteiger partial charge on any atom is -0.377 e. The predicted molar refractivity (Wildman–Crippen MR) is 210 cm³/mol. The number of ether oxygens (including phenoxy) is 13. The molecule has 0 unspecified atom stereocenters. The molecule has 336 valence electrons. The standard InChI is InChI=1S/C37H66N4O17/c42-40(43)34-1-2-36(37(33-34)41(44)45)39-7-8-46-9-10-47-11-12-48-13-14-49-15-16-50-17-18-51-19-20-52-21-22-53-23-24-54-25-26-55-27-28-56-29-30-57-31-32-58-35-3-5-38-6-4-35/h1-2,33,35,38-39H,3-32H2. The van der Waals surface area contributed by atoms with Gasteiger partial charge in [-0.25, -0.2) is 0 Å². The molecule has 0 saturated carbocycles. The second-order valence-corrected chi connectivity index (χ2v) is 12.3. The number of nitrogens with one attached hydrogen (secondary N) is 2. The molecular weight excluding hydrogens is 772 g/mol. The van der Waals surface area contributed by atoms with Gasteiger partial charge in [0.2, 0.25) is 0 Å². The summed E-state index contributed by atoms with van der Waals surface area (Å²) in [4.78, 5) is 20.6. The Balaban J connectivity index is 1.16. The van der Waals surface area contributed by atoms with Crippen molar-refractivity contribution < 1.29 is 71.4 Å². The maximum atomic E-state index is 11.2. The number of piperidine rings is 1. The molecule has 1 aromatic carbocycles. The summed E-state index contributed by atoms with van der Waals surface area (Å²) in [6.45, 7) is 14.1. The molecule has 0 aromatic heterocycles. The van der Waals surface area contributed by atoms with E-state index in [1.807, 2.05) is 0 Å². The summed E-state index contributed by atoms with van der Waals surface area (Å²) < 4.78 is 71.5. The average Bonchev–Trinajstić information content (AvgIpc) is 3.23. The van der Waals surface area contributed by atoms with E-state index in [9.17, 15) is 20.2 Å². The van der Waals surface area contributed by atoms with Gasteiger partial charge in [0.15, 0.2) is 0 Å². The molecule has 1 aliphatic rings. The first-order valence-electron chi connectivity index (χ1n) is 20.0. The lowest BCUT2D eigenvalue weighted by Crippen LogP contribution is -2.33. The zero-order valence-electron chi connectivity index (χ0n) is 33.9. The van der Waals surface area contributed by atoms with Crippen LogP contribution in [0.3, 0.4) is 0 Å². The highest BCUT2D eigenvalue weighted by Gasteiger charge is 2.19. The van der Waals surface area contributed by atoms with Gasteiger partial charge in [0.05, 0.1) is 187 Å². The number of nitrogens with zero attached hydrogens (tertiary/aromatic N) is 2. The van der Waals surface area contributed by atoms with Gasteiger partial charge < -0.3 is 72.2 Å². The fourth-order valence-electron chi connectivity index (χ4n) is 4.95. The molecule has 0 bridgehead atoms. The van der Waals surface area contributed by atoms with Crippen molar-refractivity contribution >= 4 is 17.1 Å². The van der Waals surface area contributed by atoms with Gasteiger partial charge in [-0.3, -0.25) is 20.2 Å². The number of nitro groups is 2. The van der Waals surface area contributed by atoms with Gasteiger partial charge in [0, 0.05) is 12.6 Å². The Morgan fingerprint density at radius 2 is 0.810 bits per heavy atom. The maximum absolute atomic E-state index is 11.2. The van der Waals surface area contributed by atoms with Crippen LogP contribution in [0.1, 0.15) is 12.8 Å². The van der Waals surface area contributed by atoms with Crippen molar-refractivity contribution in [1.29, 1.82) is 0 Å². The van der Waals surface area contributed by atoms with Crippen LogP contribution in [-0.4, -0.2) is 201 Å². The molecule has 1 aliphatic heterocycles. The second-order valence-electron chi connectivity index (χ2n) is 12.3. The lowest BCUT2D eigenvalue weighted by atomic mass is 10.1. The van der Waals surface area contributed by atoms with Gasteiger partial charge in [-0.2, -0.15) is 0 Å². The SMILES string of the molecule is O=[N+]([O-])c1ccc(NCCOCCOCCOCCOCCOCCOCCOCCOCCOCCOCCOCCOCCOC2CCNCC2)c([N+](=O)[O-])c1. The van der Waals surface area contributed by atoms with E-state index in [1.165, 1.54) is 12.1 Å². The first kappa shape index (κ1) is 51.4. The summed E-state index contributed by atoms with van der Waals surface area (Å²) in [5.74, 6) is 0. The van der Waals surface area contributed by atoms with Crippen LogP contribution in [0.4, 0.5) is 17.1 Å². The number of hydrogen-bond donors (Lipinski definition) is 2. The number of nitro benzene ring substituents is 2. The zero-order valence-corrected chi connectivity index (χ0v) is 33.9. The second kappa shape index (κ2) is 38.5. The molecule has 0 spiro atoms. The molecule has 0 atom stereocenters. The van der Waals surface area contributed by atoms with Crippen molar-refractivity contribution in [2.24, 2.45) is 0 Å². The van der Waals surface area contributed by atoms with Crippen molar-refractivity contribution in [1.82, 2.24) is 5.32 Å². The molecule has 1 heterocycles. The molecule has 1 saturated heterocycles. The normalized spacial score (nSPS) is 13.3. The quantitative estimate of drug-likeness (QED) is 0.0543. The van der Waals surface area contributed by atoms with E-state index in [0.717, 1.165) is 32.0 Å². The van der Waals surface area contributed by atoms with Gasteiger partial charge in [0.25, 0.3) is 11.4 Å². The topological polar surface area (TPSA) is 230 Å². The Kier molecular flexibility index (Phi) is 34.1. The molecule has 21 heteroatoms. The van der Waals surface area contributed by atoms with E-state index in [0.29, 0.717) is 165 Å². The molecule has 0 amide bonds. The van der Waals surface area contributed by atoms with Gasteiger partial charge >= 0.3 is 0 Å². The largest absolute Gasteiger partial charge is 0.377 e. The average molecular weight is 839 g/mol. The molecular formula is C37H66N4O17. The van der Waals surface area contributed by atoms with Crippen molar-refractivity contribution in [3.8, 4) is 0 Å². The highest BCUT2D eigenvalue weighted by Crippen LogP contribution is 2.28. The lowest BCUT2D eigenvalue weighted by Gasteiger charge is -2.22. The van der Waals surface area contributed by atoms with E-state index >= 15 is 0 Å². The van der Waals surface area contributed by atoms with Crippen molar-refractivity contribution in [3.05, 3.63) is 38.4 Å². The molecule has 1 aromatic rings. The number of non-ortho nitro benzene ring substituents is 1. The fourth-order valence-corrected chi connectivity index (χ4v) is 4.95. The molecule has 0 aliphatic carbocycles. The highest BCUT2D eigenvalue weighted by atomic mass is 16.6. The maximum Gasteiger partial charge on any atom is 0.299 e. The number of hydrogen-bond acceptors (Lipinski definition) is 19. The number of anilines is 1. The fraction of sp³-hybridized carbons (Fsp3) is 0.838. The smallest absolute Gasteiger partial charge is 0.299 e. The van der Waals surface area contributed by atoms with Crippen molar-refractivity contribution in [2.45, 2.75) is 18.9 Å². The number of benzene rings is 1. The van der Waals surface area contributed by atoms with E-state index in [2.05, 4.69) is 10.6 Å². The minimum atomic E-state index is -0.681. The Morgan fingerprint density at radius 1 is 0.483 bits per heavy atom. The lowest BCUT2D eigenvalue weighted by molar-refractivity contribution is -0.393. The van der Waals surface area contributed by atoms with Gasteiger partial charge in [-0.05, 0) is 32.0 Å². The Labute approximate surface area is 341 Å². The molecule has 58 heavy (non-hydrogen) atoms. The van der Waals surface area contributed by atoms with E-state index < -0.39 is 9.85 Å². The third-order valence-electron chi connectivity index (χ3n) is 7.91. The predicted octanol–water partition coefficient (Wildman–Crippen LogP) is 1.88. The van der Waals surface area contributed by atoms with E-state index in [-0.39, 0.29) is 30.2 Å². The first-order valence-corrected chi connectivity index (χ1v) is 20.0. The van der Waals surface area contributed by atoms with Gasteiger partial charge in [-0.1, -0.05) is 0 Å². The van der Waals surface area contributed by atoms with Crippen LogP contribution in [0.25, 0.3) is 0 Å². The molecule has 21 nitrogen and oxygen atoms in total. The van der Waals surface area contributed by atoms with Crippen LogP contribution in [0.15, 0.2) is 18.2 Å². The van der Waals surface area contributed by atoms with Crippen LogP contribution >= 0.6 is 0 Å². The molecule has 0 radical (unpaired) electrons. The van der Waals surface area contributed by atoms with Crippen LogP contribution in [0.5, 0.6) is 0 Å². The van der Waals surface area contributed by atoms with Crippen LogP contribution in [-0.2, 0) is 61.6 Å². The van der Waals surface area contributed by atoms with Crippen LogP contribution < -0.4 is 10.6 Å². The van der Waals surface area contributed by atoms with E-state index in [4.69, 9.17) is 61.6 Å². The van der Waals surface area contributed by atoms with Crippen molar-refractivity contribution in [3.63, 3.8) is 0 Å². The molecule has 1 fully saturated rings. The Hall–Kier alpha value is -2.74. The summed E-state index contributed by atoms with van der Waals surface area (Å²) in [7, 11) is 0. The highest BCUT2D eigenvalue weighted by molar-refractivity contribution is 5.65. The molecule has 2 rings (SSSR count). The monoisotopic (exact) mass is 838 g/mol. The Morgan fingerprint density at radius 3 is 1.14 bits per heavy atom. The van der Waals surface area contributed by atoms with E-state index in [1.54, 1.807) is 0 Å². The third-order valence-corrected chi connectivity index (χ3v) is 7.91. The third kappa shape index (κ3) is 30.3. The van der Waals surface area contributed by atoms with Crippen molar-refractivity contribution in [2.75, 3.05) is 190 Å². The first-order chi connectivity index (χ1) is 28.6. The molecule has 2 N–H and O–H groups in total. The van der Waals surface area contributed by atoms with Crippen LogP contribution in [0, 0.1) is 20.2 Å². The number of rotatable bonds is 43. The van der Waals surface area contributed by atoms with Crippen LogP contribution in [0.2, 0.25) is 0 Å². The van der Waals surface area contributed by atoms with Gasteiger partial charge in [0.1, 0.15) is 5.69 Å². The summed E-state index contributed by atoms with van der Waals surface area (Å²) in [5, 5.41) is 28.2. The summed E-state index contributed by atoms with van der Waals surface area (Å²) >= 11 is 0.